The third kappa shape index (κ3) is 6.65. The number of carbonyl (C=O) groups excluding carboxylic acids is 1. The van der Waals surface area contributed by atoms with Gasteiger partial charge in [-0.1, -0.05) is 18.2 Å². The average molecular weight is 593 g/mol. The third-order valence-corrected chi connectivity index (χ3v) is 7.96. The fourth-order valence-corrected chi connectivity index (χ4v) is 5.44. The molecule has 7 nitrogen and oxygen atoms in total. The van der Waals surface area contributed by atoms with Gasteiger partial charge in [0.05, 0.1) is 12.1 Å². The van der Waals surface area contributed by atoms with E-state index >= 15 is 8.78 Å². The molecular weight excluding hydrogens is 563 g/mol. The van der Waals surface area contributed by atoms with E-state index < -0.39 is 23.8 Å². The lowest BCUT2D eigenvalue weighted by atomic mass is 9.89. The van der Waals surface area contributed by atoms with Crippen molar-refractivity contribution in [3.05, 3.63) is 65.7 Å². The Morgan fingerprint density at radius 1 is 0.952 bits per heavy atom. The maximum Gasteiger partial charge on any atom is 0.490 e. The molecule has 3 aliphatic rings. The van der Waals surface area contributed by atoms with Crippen LogP contribution in [0.3, 0.4) is 0 Å². The molecule has 1 aliphatic carbocycles. The van der Waals surface area contributed by atoms with Gasteiger partial charge in [-0.2, -0.15) is 13.2 Å². The molecule has 1 amide bonds. The van der Waals surface area contributed by atoms with Crippen molar-refractivity contribution in [3.63, 3.8) is 0 Å². The molecule has 2 aliphatic heterocycles. The summed E-state index contributed by atoms with van der Waals surface area (Å²) in [6.45, 7) is 2.32. The SMILES string of the molecule is O=C(O)C(F)(F)F.O=C1COC2(CCN(Cc3c(F)cc(-c4ccc5cc(O)ccc5c4)cc3F)CC2)CN1C1CC1. The number of amides is 1. The van der Waals surface area contributed by atoms with Crippen LogP contribution in [0.5, 0.6) is 5.75 Å². The first-order chi connectivity index (χ1) is 19.8. The fourth-order valence-electron chi connectivity index (χ4n) is 5.44. The predicted molar refractivity (Wildman–Crippen MR) is 143 cm³/mol. The number of likely N-dealkylation sites (tertiary alicyclic amines) is 1. The number of carboxylic acids is 1. The van der Waals surface area contributed by atoms with Gasteiger partial charge >= 0.3 is 12.1 Å². The number of nitrogens with zero attached hydrogens (tertiary/aromatic N) is 2. The number of aromatic hydroxyl groups is 1. The summed E-state index contributed by atoms with van der Waals surface area (Å²) in [5.41, 5.74) is 0.948. The number of halogens is 5. The highest BCUT2D eigenvalue weighted by Crippen LogP contribution is 2.37. The highest BCUT2D eigenvalue weighted by atomic mass is 19.4. The zero-order valence-electron chi connectivity index (χ0n) is 22.5. The second kappa shape index (κ2) is 11.5. The summed E-state index contributed by atoms with van der Waals surface area (Å²) in [4.78, 5) is 25.1. The normalized spacial score (nSPS) is 19.1. The zero-order valence-corrected chi connectivity index (χ0v) is 22.5. The van der Waals surface area contributed by atoms with Crippen molar-refractivity contribution in [1.29, 1.82) is 0 Å². The summed E-state index contributed by atoms with van der Waals surface area (Å²) < 4.78 is 67.9. The quantitative estimate of drug-likeness (QED) is 0.390. The highest BCUT2D eigenvalue weighted by Gasteiger charge is 2.46. The Labute approximate surface area is 238 Å². The van der Waals surface area contributed by atoms with Crippen molar-refractivity contribution in [2.24, 2.45) is 0 Å². The fraction of sp³-hybridized carbons (Fsp3) is 0.400. The van der Waals surface area contributed by atoms with Crippen LogP contribution in [-0.2, 0) is 20.9 Å². The van der Waals surface area contributed by atoms with Crippen LogP contribution in [0.4, 0.5) is 22.0 Å². The Morgan fingerprint density at radius 3 is 2.14 bits per heavy atom. The van der Waals surface area contributed by atoms with E-state index in [9.17, 15) is 23.1 Å². The average Bonchev–Trinajstić information content (AvgIpc) is 3.78. The molecule has 0 bridgehead atoms. The minimum Gasteiger partial charge on any atom is -0.508 e. The van der Waals surface area contributed by atoms with Gasteiger partial charge in [0.1, 0.15) is 24.0 Å². The van der Waals surface area contributed by atoms with Gasteiger partial charge in [0.15, 0.2) is 0 Å². The van der Waals surface area contributed by atoms with E-state index in [0.717, 1.165) is 42.0 Å². The van der Waals surface area contributed by atoms with E-state index in [1.165, 1.54) is 12.1 Å². The number of phenolic OH excluding ortho intramolecular Hbond substituents is 1. The van der Waals surface area contributed by atoms with Gasteiger partial charge in [0, 0.05) is 31.2 Å². The molecule has 0 unspecified atom stereocenters. The van der Waals surface area contributed by atoms with Gasteiger partial charge in [0.2, 0.25) is 5.91 Å². The number of fused-ring (bicyclic) bond motifs is 1. The van der Waals surface area contributed by atoms with Gasteiger partial charge in [-0.25, -0.2) is 13.6 Å². The van der Waals surface area contributed by atoms with E-state index in [2.05, 4.69) is 4.90 Å². The van der Waals surface area contributed by atoms with Gasteiger partial charge in [-0.15, -0.1) is 0 Å². The van der Waals surface area contributed by atoms with Crippen LogP contribution < -0.4 is 0 Å². The maximum absolute atomic E-state index is 15.1. The van der Waals surface area contributed by atoms with Gasteiger partial charge in [0.25, 0.3) is 0 Å². The van der Waals surface area contributed by atoms with Crippen LogP contribution in [0.15, 0.2) is 48.5 Å². The lowest BCUT2D eigenvalue weighted by Gasteiger charge is -2.47. The molecule has 2 heterocycles. The Kier molecular flexibility index (Phi) is 8.13. The second-order valence-corrected chi connectivity index (χ2v) is 11.0. The largest absolute Gasteiger partial charge is 0.508 e. The van der Waals surface area contributed by atoms with Crippen LogP contribution in [0.1, 0.15) is 31.2 Å². The number of phenols is 1. The molecule has 3 aromatic carbocycles. The number of morpholine rings is 1. The lowest BCUT2D eigenvalue weighted by Crippen LogP contribution is -2.59. The van der Waals surface area contributed by atoms with Crippen molar-refractivity contribution < 1.29 is 46.5 Å². The van der Waals surface area contributed by atoms with E-state index in [1.54, 1.807) is 24.3 Å². The van der Waals surface area contributed by atoms with Crippen LogP contribution in [0, 0.1) is 11.6 Å². The Hall–Kier alpha value is -3.77. The maximum atomic E-state index is 15.1. The third-order valence-electron chi connectivity index (χ3n) is 7.96. The van der Waals surface area contributed by atoms with Crippen LogP contribution in [0.25, 0.3) is 21.9 Å². The number of hydrogen-bond acceptors (Lipinski definition) is 5. The van der Waals surface area contributed by atoms with Gasteiger partial charge in [-0.3, -0.25) is 9.69 Å². The summed E-state index contributed by atoms with van der Waals surface area (Å²) in [7, 11) is 0. The van der Waals surface area contributed by atoms with Crippen molar-refractivity contribution in [2.45, 2.75) is 50.0 Å². The predicted octanol–water partition coefficient (Wildman–Crippen LogP) is 5.48. The number of alkyl halides is 3. The molecule has 42 heavy (non-hydrogen) atoms. The standard InChI is InChI=1S/C28H28F2N2O3.C2HF3O2/c29-25-13-21(19-1-2-20-12-23(33)6-3-18(20)11-19)14-26(30)24(25)15-31-9-7-28(8-10-31)17-32(22-4-5-22)27(34)16-35-28;3-2(4,5)1(6)7/h1-3,6,11-14,22,33H,4-5,7-10,15-17H2;(H,6,7). The molecule has 224 valence electrons. The molecule has 2 N–H and O–H groups in total. The molecule has 12 heteroatoms. The van der Waals surface area contributed by atoms with E-state index in [1.807, 2.05) is 17.0 Å². The van der Waals surface area contributed by atoms with Gasteiger partial charge < -0.3 is 19.8 Å². The number of carboxylic acid groups (broad SMARTS) is 1. The zero-order chi connectivity index (χ0) is 30.2. The summed E-state index contributed by atoms with van der Waals surface area (Å²) in [5.74, 6) is -3.60. The highest BCUT2D eigenvalue weighted by molar-refractivity contribution is 5.88. The summed E-state index contributed by atoms with van der Waals surface area (Å²) in [5, 5.41) is 18.5. The lowest BCUT2D eigenvalue weighted by molar-refractivity contribution is -0.192. The van der Waals surface area contributed by atoms with Crippen molar-refractivity contribution in [2.75, 3.05) is 26.2 Å². The molecule has 3 aromatic rings. The van der Waals surface area contributed by atoms with Gasteiger partial charge in [-0.05, 0) is 77.9 Å². The summed E-state index contributed by atoms with van der Waals surface area (Å²) in [6.07, 6.45) is -1.44. The Balaban J connectivity index is 0.000000451. The molecule has 0 radical (unpaired) electrons. The molecule has 0 aromatic heterocycles. The number of aliphatic carboxylic acids is 1. The first-order valence-corrected chi connectivity index (χ1v) is 13.5. The summed E-state index contributed by atoms with van der Waals surface area (Å²) >= 11 is 0. The van der Waals surface area contributed by atoms with Crippen molar-refractivity contribution in [3.8, 4) is 16.9 Å². The van der Waals surface area contributed by atoms with Crippen LogP contribution in [-0.4, -0.2) is 75.9 Å². The van der Waals surface area contributed by atoms with Crippen LogP contribution >= 0.6 is 0 Å². The second-order valence-electron chi connectivity index (χ2n) is 11.0. The van der Waals surface area contributed by atoms with Crippen molar-refractivity contribution in [1.82, 2.24) is 9.80 Å². The number of rotatable bonds is 4. The molecule has 2 saturated heterocycles. The number of benzene rings is 3. The molecule has 0 atom stereocenters. The minimum absolute atomic E-state index is 0.0781. The van der Waals surface area contributed by atoms with Crippen molar-refractivity contribution >= 4 is 22.6 Å². The number of carbonyl (C=O) groups is 2. The molecular formula is C30H29F5N2O5. The van der Waals surface area contributed by atoms with E-state index in [0.29, 0.717) is 31.2 Å². The molecule has 1 saturated carbocycles. The molecule has 3 fully saturated rings. The smallest absolute Gasteiger partial charge is 0.490 e. The monoisotopic (exact) mass is 592 g/mol. The first-order valence-electron chi connectivity index (χ1n) is 13.5. The van der Waals surface area contributed by atoms with Crippen LogP contribution in [0.2, 0.25) is 0 Å². The van der Waals surface area contributed by atoms with E-state index in [-0.39, 0.29) is 36.0 Å². The molecule has 6 rings (SSSR count). The van der Waals surface area contributed by atoms with E-state index in [4.69, 9.17) is 14.6 Å². The minimum atomic E-state index is -5.08. The topological polar surface area (TPSA) is 90.3 Å². The first kappa shape index (κ1) is 29.7. The molecule has 1 spiro atoms. The Morgan fingerprint density at radius 2 is 1.55 bits per heavy atom. The number of hydrogen-bond donors (Lipinski definition) is 2. The summed E-state index contributed by atoms with van der Waals surface area (Å²) in [6, 6.07) is 13.7. The number of piperidine rings is 1. The Bertz CT molecular complexity index is 1480. The number of ether oxygens (including phenoxy) is 1.